The fourth-order valence-electron chi connectivity index (χ4n) is 0.829. The average molecular weight is 192 g/mol. The van der Waals surface area contributed by atoms with Crippen LogP contribution in [0.2, 0.25) is 5.15 Å². The van der Waals surface area contributed by atoms with Gasteiger partial charge in [0.25, 0.3) is 0 Å². The molecule has 0 aliphatic heterocycles. The van der Waals surface area contributed by atoms with Gasteiger partial charge in [-0.25, -0.2) is 4.68 Å². The molecule has 0 aromatic carbocycles. The van der Waals surface area contributed by atoms with Crippen LogP contribution in [0.3, 0.4) is 0 Å². The minimum atomic E-state index is -0.576. The molecule has 0 spiro atoms. The molecule has 3 nitrogen and oxygen atoms in total. The van der Waals surface area contributed by atoms with Gasteiger partial charge in [0.05, 0.1) is 5.54 Å². The van der Waals surface area contributed by atoms with Gasteiger partial charge in [0.2, 0.25) is 5.95 Å². The zero-order valence-electron chi connectivity index (χ0n) is 7.23. The Kier molecular flexibility index (Phi) is 2.04. The predicted octanol–water partition coefficient (Wildman–Crippen LogP) is 2.01. The van der Waals surface area contributed by atoms with Crippen LogP contribution in [0.1, 0.15) is 20.8 Å². The lowest BCUT2D eigenvalue weighted by Gasteiger charge is -2.19. The first-order valence-electron chi connectivity index (χ1n) is 3.54. The Hall–Kier alpha value is -0.770. The third-order valence-corrected chi connectivity index (χ3v) is 1.73. The van der Waals surface area contributed by atoms with Crippen LogP contribution in [-0.2, 0) is 5.54 Å². The molecule has 68 valence electrons. The Morgan fingerprint density at radius 2 is 2.00 bits per heavy atom. The van der Waals surface area contributed by atoms with Crippen LogP contribution < -0.4 is 5.73 Å². The summed E-state index contributed by atoms with van der Waals surface area (Å²) in [5, 5.41) is 3.78. The van der Waals surface area contributed by atoms with Gasteiger partial charge in [-0.1, -0.05) is 11.6 Å². The molecular formula is C7H11ClFN3. The summed E-state index contributed by atoms with van der Waals surface area (Å²) in [6.45, 7) is 5.45. The van der Waals surface area contributed by atoms with Crippen LogP contribution in [0, 0.1) is 5.95 Å². The zero-order chi connectivity index (χ0) is 9.52. The average Bonchev–Trinajstić information content (AvgIpc) is 2.15. The van der Waals surface area contributed by atoms with Gasteiger partial charge in [-0.2, -0.15) is 9.49 Å². The highest BCUT2D eigenvalue weighted by molar-refractivity contribution is 6.31. The molecule has 5 heteroatoms. The van der Waals surface area contributed by atoms with Gasteiger partial charge in [0.1, 0.15) is 5.69 Å². The van der Waals surface area contributed by atoms with Crippen LogP contribution in [0.4, 0.5) is 10.1 Å². The summed E-state index contributed by atoms with van der Waals surface area (Å²) in [7, 11) is 0. The highest BCUT2D eigenvalue weighted by Gasteiger charge is 2.22. The van der Waals surface area contributed by atoms with Crippen molar-refractivity contribution in [3.63, 3.8) is 0 Å². The highest BCUT2D eigenvalue weighted by atomic mass is 35.5. The maximum atomic E-state index is 13.2. The number of nitrogen functional groups attached to an aromatic ring is 1. The maximum absolute atomic E-state index is 13.2. The summed E-state index contributed by atoms with van der Waals surface area (Å²) < 4.78 is 14.4. The third kappa shape index (κ3) is 1.39. The number of nitrogens with zero attached hydrogens (tertiary/aromatic N) is 2. The van der Waals surface area contributed by atoms with Crippen molar-refractivity contribution in [2.75, 3.05) is 5.73 Å². The molecule has 0 radical (unpaired) electrons. The van der Waals surface area contributed by atoms with Crippen LogP contribution >= 0.6 is 11.6 Å². The van der Waals surface area contributed by atoms with Crippen molar-refractivity contribution in [1.29, 1.82) is 0 Å². The van der Waals surface area contributed by atoms with E-state index in [2.05, 4.69) is 5.10 Å². The van der Waals surface area contributed by atoms with E-state index < -0.39 is 11.5 Å². The lowest BCUT2D eigenvalue weighted by Crippen LogP contribution is -2.24. The minimum Gasteiger partial charge on any atom is -0.392 e. The number of halogens is 2. The highest BCUT2D eigenvalue weighted by Crippen LogP contribution is 2.25. The minimum absolute atomic E-state index is 0.0161. The molecule has 0 fully saturated rings. The predicted molar refractivity (Wildman–Crippen MR) is 46.6 cm³/mol. The van der Waals surface area contributed by atoms with Crippen LogP contribution in [0.25, 0.3) is 0 Å². The molecule has 12 heavy (non-hydrogen) atoms. The molecule has 1 aromatic rings. The van der Waals surface area contributed by atoms with Gasteiger partial charge < -0.3 is 5.73 Å². The van der Waals surface area contributed by atoms with Crippen molar-refractivity contribution in [3.05, 3.63) is 11.1 Å². The summed E-state index contributed by atoms with van der Waals surface area (Å²) >= 11 is 5.54. The van der Waals surface area contributed by atoms with E-state index in [4.69, 9.17) is 17.3 Å². The first-order chi connectivity index (χ1) is 5.34. The number of anilines is 1. The van der Waals surface area contributed by atoms with Crippen molar-refractivity contribution in [2.45, 2.75) is 26.3 Å². The van der Waals surface area contributed by atoms with Crippen LogP contribution in [0.15, 0.2) is 0 Å². The van der Waals surface area contributed by atoms with E-state index in [1.165, 1.54) is 4.68 Å². The number of aromatic nitrogens is 2. The largest absolute Gasteiger partial charge is 0.392 e. The summed E-state index contributed by atoms with van der Waals surface area (Å²) in [4.78, 5) is 0. The second-order valence-corrected chi connectivity index (χ2v) is 3.94. The van der Waals surface area contributed by atoms with Crippen molar-refractivity contribution in [1.82, 2.24) is 9.78 Å². The molecule has 0 saturated carbocycles. The van der Waals surface area contributed by atoms with Gasteiger partial charge in [-0.3, -0.25) is 0 Å². The molecule has 0 aliphatic carbocycles. The summed E-state index contributed by atoms with van der Waals surface area (Å²) in [5.41, 5.74) is 4.78. The topological polar surface area (TPSA) is 43.8 Å². The number of nitrogens with two attached hydrogens (primary N) is 1. The molecule has 1 rings (SSSR count). The standard InChI is InChI=1S/C7H11ClFN3/c1-7(2,3)12-6(9)4(10)5(8)11-12/h10H2,1-3H3. The van der Waals surface area contributed by atoms with Gasteiger partial charge in [-0.15, -0.1) is 0 Å². The van der Waals surface area contributed by atoms with Gasteiger partial charge >= 0.3 is 0 Å². The molecule has 0 saturated heterocycles. The Balaban J connectivity index is 3.28. The molecule has 1 heterocycles. The van der Waals surface area contributed by atoms with Gasteiger partial charge in [-0.05, 0) is 20.8 Å². The quantitative estimate of drug-likeness (QED) is 0.682. The zero-order valence-corrected chi connectivity index (χ0v) is 7.98. The van der Waals surface area contributed by atoms with Crippen molar-refractivity contribution >= 4 is 17.3 Å². The molecule has 0 atom stereocenters. The molecule has 2 N–H and O–H groups in total. The lowest BCUT2D eigenvalue weighted by atomic mass is 10.1. The fraction of sp³-hybridized carbons (Fsp3) is 0.571. The number of hydrogen-bond donors (Lipinski definition) is 1. The van der Waals surface area contributed by atoms with Crippen molar-refractivity contribution < 1.29 is 4.39 Å². The maximum Gasteiger partial charge on any atom is 0.236 e. The number of hydrogen-bond acceptors (Lipinski definition) is 2. The Bertz CT molecular complexity index is 300. The Labute approximate surface area is 75.3 Å². The summed E-state index contributed by atoms with van der Waals surface area (Å²) in [5.74, 6) is -0.576. The lowest BCUT2D eigenvalue weighted by molar-refractivity contribution is 0.300. The second kappa shape index (κ2) is 2.62. The van der Waals surface area contributed by atoms with Gasteiger partial charge in [0.15, 0.2) is 5.15 Å². The second-order valence-electron chi connectivity index (χ2n) is 3.58. The van der Waals surface area contributed by atoms with E-state index in [1.54, 1.807) is 0 Å². The van der Waals surface area contributed by atoms with Gasteiger partial charge in [0, 0.05) is 0 Å². The smallest absolute Gasteiger partial charge is 0.236 e. The van der Waals surface area contributed by atoms with Crippen molar-refractivity contribution in [3.8, 4) is 0 Å². The molecule has 0 bridgehead atoms. The first-order valence-corrected chi connectivity index (χ1v) is 3.92. The Morgan fingerprint density at radius 3 is 2.17 bits per heavy atom. The van der Waals surface area contributed by atoms with Crippen LogP contribution in [-0.4, -0.2) is 9.78 Å². The van der Waals surface area contributed by atoms with Crippen LogP contribution in [0.5, 0.6) is 0 Å². The third-order valence-electron chi connectivity index (χ3n) is 1.45. The van der Waals surface area contributed by atoms with E-state index in [1.807, 2.05) is 20.8 Å². The first kappa shape index (κ1) is 9.32. The van der Waals surface area contributed by atoms with Crippen molar-refractivity contribution in [2.24, 2.45) is 0 Å². The Morgan fingerprint density at radius 1 is 1.50 bits per heavy atom. The molecule has 1 aromatic heterocycles. The van der Waals surface area contributed by atoms with E-state index in [9.17, 15) is 4.39 Å². The fourth-order valence-corrected chi connectivity index (χ4v) is 0.983. The molecule has 0 amide bonds. The summed E-state index contributed by atoms with van der Waals surface area (Å²) in [6.07, 6.45) is 0. The monoisotopic (exact) mass is 191 g/mol. The number of rotatable bonds is 0. The van der Waals surface area contributed by atoms with E-state index in [-0.39, 0.29) is 10.8 Å². The van der Waals surface area contributed by atoms with E-state index in [0.717, 1.165) is 0 Å². The normalized spacial score (nSPS) is 12.1. The SMILES string of the molecule is CC(C)(C)n1nc(Cl)c(N)c1F. The molecule has 0 unspecified atom stereocenters. The van der Waals surface area contributed by atoms with E-state index in [0.29, 0.717) is 0 Å². The van der Waals surface area contributed by atoms with E-state index >= 15 is 0 Å². The molecular weight excluding hydrogens is 181 g/mol. The summed E-state index contributed by atoms with van der Waals surface area (Å²) in [6, 6.07) is 0. The molecule has 0 aliphatic rings.